The number of nitrogens with zero attached hydrogens (tertiary/aromatic N) is 2. The number of methoxy groups -OCH3 is 1. The van der Waals surface area contributed by atoms with Gasteiger partial charge in [-0.25, -0.2) is 0 Å². The van der Waals surface area contributed by atoms with Crippen molar-refractivity contribution in [1.29, 1.82) is 0 Å². The molecule has 0 aliphatic carbocycles. The molecule has 1 saturated heterocycles. The largest absolute Gasteiger partial charge is 0.491 e. The van der Waals surface area contributed by atoms with Crippen LogP contribution in [0.3, 0.4) is 0 Å². The van der Waals surface area contributed by atoms with Crippen LogP contribution < -0.4 is 14.8 Å². The van der Waals surface area contributed by atoms with E-state index in [9.17, 15) is 9.59 Å². The number of carbonyl (C=O) groups is 2. The number of amides is 2. The van der Waals surface area contributed by atoms with E-state index in [0.29, 0.717) is 62.4 Å². The monoisotopic (exact) mass is 471 g/mol. The van der Waals surface area contributed by atoms with Gasteiger partial charge in [-0.3, -0.25) is 14.5 Å². The van der Waals surface area contributed by atoms with Gasteiger partial charge < -0.3 is 19.7 Å². The summed E-state index contributed by atoms with van der Waals surface area (Å²) in [6, 6.07) is 13.3. The van der Waals surface area contributed by atoms with Gasteiger partial charge in [-0.2, -0.15) is 0 Å². The number of carbonyl (C=O) groups excluding carboxylic acids is 2. The Morgan fingerprint density at radius 2 is 1.85 bits per heavy atom. The van der Waals surface area contributed by atoms with Gasteiger partial charge in [0.15, 0.2) is 11.5 Å². The van der Waals surface area contributed by atoms with Gasteiger partial charge in [-0.15, -0.1) is 0 Å². The molecule has 0 bridgehead atoms. The van der Waals surface area contributed by atoms with Crippen molar-refractivity contribution >= 4 is 29.5 Å². The summed E-state index contributed by atoms with van der Waals surface area (Å²) in [5.74, 6) is 0.928. The Morgan fingerprint density at radius 3 is 2.52 bits per heavy atom. The number of hydrogen-bond acceptors (Lipinski definition) is 5. The number of piperazine rings is 1. The zero-order valence-corrected chi connectivity index (χ0v) is 19.8. The molecule has 1 fully saturated rings. The van der Waals surface area contributed by atoms with Crippen molar-refractivity contribution < 1.29 is 19.1 Å². The molecular weight excluding hydrogens is 442 g/mol. The Kier molecular flexibility index (Phi) is 9.15. The third kappa shape index (κ3) is 7.23. The lowest BCUT2D eigenvalue weighted by Crippen LogP contribution is -2.50. The maximum atomic E-state index is 12.6. The highest BCUT2D eigenvalue weighted by atomic mass is 35.5. The second-order valence-corrected chi connectivity index (χ2v) is 8.07. The summed E-state index contributed by atoms with van der Waals surface area (Å²) < 4.78 is 10.9. The van der Waals surface area contributed by atoms with Crippen LogP contribution in [0.4, 0.5) is 0 Å². The molecule has 7 nitrogen and oxygen atoms in total. The predicted octanol–water partition coefficient (Wildman–Crippen LogP) is 3.22. The van der Waals surface area contributed by atoms with Crippen molar-refractivity contribution in [2.24, 2.45) is 0 Å². The van der Waals surface area contributed by atoms with Crippen LogP contribution in [-0.4, -0.2) is 68.1 Å². The van der Waals surface area contributed by atoms with Crippen LogP contribution in [0.1, 0.15) is 18.1 Å². The van der Waals surface area contributed by atoms with Gasteiger partial charge in [0.05, 0.1) is 25.3 Å². The predicted molar refractivity (Wildman–Crippen MR) is 130 cm³/mol. The van der Waals surface area contributed by atoms with Crippen LogP contribution >= 0.6 is 11.6 Å². The first-order valence-electron chi connectivity index (χ1n) is 11.0. The molecule has 0 atom stereocenters. The van der Waals surface area contributed by atoms with Crippen molar-refractivity contribution in [1.82, 2.24) is 15.1 Å². The van der Waals surface area contributed by atoms with E-state index >= 15 is 0 Å². The third-order valence-electron chi connectivity index (χ3n) is 5.34. The number of halogens is 1. The van der Waals surface area contributed by atoms with E-state index < -0.39 is 0 Å². The zero-order chi connectivity index (χ0) is 23.6. The van der Waals surface area contributed by atoms with Crippen LogP contribution in [0.2, 0.25) is 5.02 Å². The van der Waals surface area contributed by atoms with Crippen molar-refractivity contribution in [2.75, 3.05) is 46.4 Å². The zero-order valence-electron chi connectivity index (χ0n) is 19.1. The quantitative estimate of drug-likeness (QED) is 0.568. The third-order valence-corrected chi connectivity index (χ3v) is 5.62. The molecule has 2 aromatic carbocycles. The van der Waals surface area contributed by atoms with E-state index in [1.807, 2.05) is 37.3 Å². The number of hydrogen-bond donors (Lipinski definition) is 1. The molecule has 176 valence electrons. The Labute approximate surface area is 199 Å². The second-order valence-electron chi connectivity index (χ2n) is 7.66. The van der Waals surface area contributed by atoms with E-state index in [2.05, 4.69) is 10.2 Å². The van der Waals surface area contributed by atoms with Gasteiger partial charge in [0, 0.05) is 38.8 Å². The molecule has 2 amide bonds. The van der Waals surface area contributed by atoms with Crippen LogP contribution in [-0.2, 0) is 16.1 Å². The van der Waals surface area contributed by atoms with Crippen molar-refractivity contribution in [3.05, 3.63) is 64.7 Å². The number of ether oxygens (including phenoxy) is 2. The summed E-state index contributed by atoms with van der Waals surface area (Å²) in [6.45, 7) is 5.66. The Hall–Kier alpha value is -3.03. The molecule has 33 heavy (non-hydrogen) atoms. The summed E-state index contributed by atoms with van der Waals surface area (Å²) >= 11 is 6.28. The minimum Gasteiger partial charge on any atom is -0.491 e. The highest BCUT2D eigenvalue weighted by molar-refractivity contribution is 6.32. The molecule has 1 aliphatic heterocycles. The van der Waals surface area contributed by atoms with E-state index in [4.69, 9.17) is 21.1 Å². The normalized spacial score (nSPS) is 14.3. The fourth-order valence-corrected chi connectivity index (χ4v) is 3.90. The first-order chi connectivity index (χ1) is 16.0. The highest BCUT2D eigenvalue weighted by Gasteiger charge is 2.21. The molecule has 0 aromatic heterocycles. The van der Waals surface area contributed by atoms with Gasteiger partial charge in [0.25, 0.3) is 0 Å². The minimum absolute atomic E-state index is 0.0139. The summed E-state index contributed by atoms with van der Waals surface area (Å²) in [4.78, 5) is 28.7. The standard InChI is InChI=1S/C25H30ClN3O4/c1-3-33-22-16-20(15-21(26)25(22)32-2)9-10-24(31)29-13-11-28(12-14-29)18-23(30)27-17-19-7-5-4-6-8-19/h4-10,15-16H,3,11-14,17-18H2,1-2H3,(H,27,30)/b10-9+. The summed E-state index contributed by atoms with van der Waals surface area (Å²) in [6.07, 6.45) is 3.26. The molecule has 0 radical (unpaired) electrons. The first-order valence-corrected chi connectivity index (χ1v) is 11.4. The van der Waals surface area contributed by atoms with Crippen molar-refractivity contribution in [3.63, 3.8) is 0 Å². The van der Waals surface area contributed by atoms with Gasteiger partial charge in [-0.1, -0.05) is 41.9 Å². The number of nitrogens with one attached hydrogen (secondary N) is 1. The molecular formula is C25H30ClN3O4. The number of benzene rings is 2. The minimum atomic E-state index is -0.0759. The van der Waals surface area contributed by atoms with E-state index in [0.717, 1.165) is 11.1 Å². The lowest BCUT2D eigenvalue weighted by Gasteiger charge is -2.33. The van der Waals surface area contributed by atoms with E-state index in [1.165, 1.54) is 13.2 Å². The van der Waals surface area contributed by atoms with Crippen LogP contribution in [0.25, 0.3) is 6.08 Å². The number of rotatable bonds is 9. The smallest absolute Gasteiger partial charge is 0.246 e. The molecule has 8 heteroatoms. The molecule has 2 aromatic rings. The Morgan fingerprint density at radius 1 is 1.12 bits per heavy atom. The highest BCUT2D eigenvalue weighted by Crippen LogP contribution is 2.36. The SMILES string of the molecule is CCOc1cc(/C=C/C(=O)N2CCN(CC(=O)NCc3ccccc3)CC2)cc(Cl)c1OC. The Balaban J connectivity index is 1.47. The lowest BCUT2D eigenvalue weighted by molar-refractivity contribution is -0.128. The van der Waals surface area contributed by atoms with Gasteiger partial charge in [-0.05, 0) is 36.3 Å². The van der Waals surface area contributed by atoms with E-state index in [-0.39, 0.29) is 11.8 Å². The first kappa shape index (κ1) is 24.6. The topological polar surface area (TPSA) is 71.1 Å². The van der Waals surface area contributed by atoms with Gasteiger partial charge in [0.1, 0.15) is 0 Å². The molecule has 3 rings (SSSR count). The molecule has 1 aliphatic rings. The van der Waals surface area contributed by atoms with Crippen LogP contribution in [0, 0.1) is 0 Å². The maximum Gasteiger partial charge on any atom is 0.246 e. The molecule has 0 unspecified atom stereocenters. The van der Waals surface area contributed by atoms with Crippen molar-refractivity contribution in [3.8, 4) is 11.5 Å². The summed E-state index contributed by atoms with van der Waals surface area (Å²) in [7, 11) is 1.54. The summed E-state index contributed by atoms with van der Waals surface area (Å²) in [5.41, 5.74) is 1.82. The van der Waals surface area contributed by atoms with Crippen LogP contribution in [0.5, 0.6) is 11.5 Å². The molecule has 1 N–H and O–H groups in total. The fourth-order valence-electron chi connectivity index (χ4n) is 3.60. The lowest BCUT2D eigenvalue weighted by atomic mass is 10.1. The van der Waals surface area contributed by atoms with Gasteiger partial charge >= 0.3 is 0 Å². The fraction of sp³-hybridized carbons (Fsp3) is 0.360. The molecule has 0 saturated carbocycles. The van der Waals surface area contributed by atoms with Gasteiger partial charge in [0.2, 0.25) is 11.8 Å². The maximum absolute atomic E-state index is 12.6. The van der Waals surface area contributed by atoms with Crippen molar-refractivity contribution in [2.45, 2.75) is 13.5 Å². The average Bonchev–Trinajstić information content (AvgIpc) is 2.82. The van der Waals surface area contributed by atoms with Crippen LogP contribution in [0.15, 0.2) is 48.5 Å². The Bertz CT molecular complexity index is 973. The van der Waals surface area contributed by atoms with E-state index in [1.54, 1.807) is 23.1 Å². The second kappa shape index (κ2) is 12.3. The molecule has 0 spiro atoms. The summed E-state index contributed by atoms with van der Waals surface area (Å²) in [5, 5.41) is 3.37. The molecule has 1 heterocycles. The average molecular weight is 472 g/mol.